The molecule has 1 saturated heterocycles. The molecule has 0 amide bonds. The maximum atomic E-state index is 4.65. The van der Waals surface area contributed by atoms with Gasteiger partial charge in [-0.05, 0) is 6.92 Å². The van der Waals surface area contributed by atoms with Gasteiger partial charge in [-0.15, -0.1) is 6.58 Å². The average Bonchev–Trinajstić information content (AvgIpc) is 2.17. The highest BCUT2D eigenvalue weighted by Gasteiger charge is 2.29. The quantitative estimate of drug-likeness (QED) is 0.375. The summed E-state index contributed by atoms with van der Waals surface area (Å²) in [4.78, 5) is 9.11. The highest BCUT2D eigenvalue weighted by atomic mass is 17.5. The van der Waals surface area contributed by atoms with E-state index in [-0.39, 0.29) is 0 Å². The molecule has 1 rings (SSSR count). The zero-order valence-corrected chi connectivity index (χ0v) is 4.72. The van der Waals surface area contributed by atoms with Gasteiger partial charge in [-0.2, -0.15) is 4.89 Å². The lowest BCUT2D eigenvalue weighted by molar-refractivity contribution is -0.465. The summed E-state index contributed by atoms with van der Waals surface area (Å²) in [6.07, 6.45) is 1.64. The summed E-state index contributed by atoms with van der Waals surface area (Å²) in [6, 6.07) is 0. The fraction of sp³-hybridized carbons (Fsp3) is 0.600. The van der Waals surface area contributed by atoms with Crippen LogP contribution in [0.2, 0.25) is 0 Å². The summed E-state index contributed by atoms with van der Waals surface area (Å²) in [5.41, 5.74) is -0.444. The summed E-state index contributed by atoms with van der Waals surface area (Å²) in [7, 11) is 0. The zero-order chi connectivity index (χ0) is 6.04. The van der Waals surface area contributed by atoms with Crippen molar-refractivity contribution in [3.63, 3.8) is 0 Å². The first-order valence-corrected chi connectivity index (χ1v) is 2.38. The van der Waals surface area contributed by atoms with Gasteiger partial charge in [0.1, 0.15) is 12.2 Å². The monoisotopic (exact) mass is 116 g/mol. The third kappa shape index (κ3) is 0.888. The van der Waals surface area contributed by atoms with Crippen LogP contribution in [0.4, 0.5) is 0 Å². The Hall–Kier alpha value is -0.380. The van der Waals surface area contributed by atoms with E-state index in [0.717, 1.165) is 0 Å². The summed E-state index contributed by atoms with van der Waals surface area (Å²) in [5.74, 6) is 0. The fourth-order valence-electron chi connectivity index (χ4n) is 0.360. The van der Waals surface area contributed by atoms with Crippen LogP contribution in [0, 0.1) is 0 Å². The van der Waals surface area contributed by atoms with Gasteiger partial charge in [-0.1, -0.05) is 11.1 Å². The minimum Gasteiger partial charge on any atom is -0.203 e. The molecule has 46 valence electrons. The van der Waals surface area contributed by atoms with E-state index in [1.165, 1.54) is 0 Å². The van der Waals surface area contributed by atoms with Crippen LogP contribution >= 0.6 is 0 Å². The fourth-order valence-corrected chi connectivity index (χ4v) is 0.360. The van der Waals surface area contributed by atoms with Crippen LogP contribution in [-0.2, 0) is 14.8 Å². The molecule has 0 spiro atoms. The molecule has 0 aliphatic carbocycles. The van der Waals surface area contributed by atoms with Crippen LogP contribution in [0.25, 0.3) is 0 Å². The maximum Gasteiger partial charge on any atom is 0.148 e. The lowest BCUT2D eigenvalue weighted by atomic mass is 10.1. The van der Waals surface area contributed by atoms with Crippen LogP contribution in [0.5, 0.6) is 0 Å². The molecule has 0 unspecified atom stereocenters. The van der Waals surface area contributed by atoms with Crippen molar-refractivity contribution in [3.05, 3.63) is 12.7 Å². The first kappa shape index (κ1) is 5.75. The van der Waals surface area contributed by atoms with Crippen LogP contribution in [0.1, 0.15) is 6.92 Å². The van der Waals surface area contributed by atoms with Gasteiger partial charge >= 0.3 is 0 Å². The van der Waals surface area contributed by atoms with E-state index in [1.54, 1.807) is 6.08 Å². The Morgan fingerprint density at radius 2 is 2.50 bits per heavy atom. The van der Waals surface area contributed by atoms with Gasteiger partial charge in [0.05, 0.1) is 0 Å². The van der Waals surface area contributed by atoms with Crippen molar-refractivity contribution < 1.29 is 14.8 Å². The van der Waals surface area contributed by atoms with Crippen molar-refractivity contribution in [1.29, 1.82) is 0 Å². The molecule has 3 nitrogen and oxygen atoms in total. The van der Waals surface area contributed by atoms with Gasteiger partial charge in [0.2, 0.25) is 0 Å². The van der Waals surface area contributed by atoms with Crippen molar-refractivity contribution in [1.82, 2.24) is 0 Å². The summed E-state index contributed by atoms with van der Waals surface area (Å²) < 4.78 is 0. The molecule has 1 fully saturated rings. The third-order valence-electron chi connectivity index (χ3n) is 1.05. The van der Waals surface area contributed by atoms with Crippen molar-refractivity contribution in [2.45, 2.75) is 12.5 Å². The highest BCUT2D eigenvalue weighted by Crippen LogP contribution is 2.18. The standard InChI is InChI=1S/C5H8O3/c1-3-5(2)4-6-8-7-5/h3H,1,4H2,2H3/t5-/m1/s1. The van der Waals surface area contributed by atoms with E-state index >= 15 is 0 Å². The van der Waals surface area contributed by atoms with Gasteiger partial charge in [0.25, 0.3) is 0 Å². The highest BCUT2D eigenvalue weighted by molar-refractivity contribution is 4.93. The number of rotatable bonds is 1. The van der Waals surface area contributed by atoms with E-state index in [1.807, 2.05) is 6.92 Å². The molecule has 1 heterocycles. The van der Waals surface area contributed by atoms with E-state index in [4.69, 9.17) is 0 Å². The molecular weight excluding hydrogens is 108 g/mol. The van der Waals surface area contributed by atoms with Gasteiger partial charge in [-0.25, -0.2) is 4.89 Å². The van der Waals surface area contributed by atoms with Crippen LogP contribution < -0.4 is 0 Å². The van der Waals surface area contributed by atoms with Gasteiger partial charge in [-0.3, -0.25) is 0 Å². The van der Waals surface area contributed by atoms with Crippen molar-refractivity contribution in [2.24, 2.45) is 0 Å². The molecule has 1 aliphatic rings. The lowest BCUT2D eigenvalue weighted by Crippen LogP contribution is -2.22. The molecule has 8 heavy (non-hydrogen) atoms. The molecule has 0 radical (unpaired) electrons. The van der Waals surface area contributed by atoms with Crippen LogP contribution in [0.3, 0.4) is 0 Å². The molecular formula is C5H8O3. The summed E-state index contributed by atoms with van der Waals surface area (Å²) in [5, 5.41) is 4.18. The Kier molecular flexibility index (Phi) is 1.33. The van der Waals surface area contributed by atoms with Gasteiger partial charge in [0.15, 0.2) is 0 Å². The lowest BCUT2D eigenvalue weighted by Gasteiger charge is -2.08. The first-order chi connectivity index (χ1) is 3.77. The normalized spacial score (nSPS) is 37.6. The minimum atomic E-state index is -0.444. The molecule has 1 atom stereocenters. The van der Waals surface area contributed by atoms with E-state index in [9.17, 15) is 0 Å². The van der Waals surface area contributed by atoms with Gasteiger partial charge in [0, 0.05) is 0 Å². The number of hydrogen-bond donors (Lipinski definition) is 0. The van der Waals surface area contributed by atoms with Crippen LogP contribution in [-0.4, -0.2) is 12.2 Å². The average molecular weight is 116 g/mol. The second-order valence-corrected chi connectivity index (χ2v) is 1.93. The first-order valence-electron chi connectivity index (χ1n) is 2.38. The van der Waals surface area contributed by atoms with Gasteiger partial charge < -0.3 is 0 Å². The summed E-state index contributed by atoms with van der Waals surface area (Å²) >= 11 is 0. The Labute approximate surface area is 47.7 Å². The number of hydrogen-bond acceptors (Lipinski definition) is 3. The van der Waals surface area contributed by atoms with E-state index < -0.39 is 5.60 Å². The predicted octanol–water partition coefficient (Wildman–Crippen LogP) is 0.825. The molecule has 0 aromatic rings. The molecule has 0 saturated carbocycles. The smallest absolute Gasteiger partial charge is 0.148 e. The Morgan fingerprint density at radius 1 is 1.75 bits per heavy atom. The van der Waals surface area contributed by atoms with Crippen molar-refractivity contribution in [3.8, 4) is 0 Å². The molecule has 0 N–H and O–H groups in total. The second-order valence-electron chi connectivity index (χ2n) is 1.93. The Balaban J connectivity index is 2.52. The second kappa shape index (κ2) is 1.85. The van der Waals surface area contributed by atoms with Crippen molar-refractivity contribution >= 4 is 0 Å². The maximum absolute atomic E-state index is 4.65. The third-order valence-corrected chi connectivity index (χ3v) is 1.05. The molecule has 0 aromatic carbocycles. The Morgan fingerprint density at radius 3 is 2.75 bits per heavy atom. The topological polar surface area (TPSA) is 27.7 Å². The summed E-state index contributed by atoms with van der Waals surface area (Å²) in [6.45, 7) is 5.77. The van der Waals surface area contributed by atoms with E-state index in [2.05, 4.69) is 21.4 Å². The minimum absolute atomic E-state index is 0.413. The van der Waals surface area contributed by atoms with E-state index in [0.29, 0.717) is 6.61 Å². The SMILES string of the molecule is C=C[C@]1(C)COOO1. The molecule has 0 bridgehead atoms. The molecule has 3 heteroatoms. The molecule has 0 aromatic heterocycles. The zero-order valence-electron chi connectivity index (χ0n) is 4.72. The largest absolute Gasteiger partial charge is 0.203 e. The van der Waals surface area contributed by atoms with Crippen molar-refractivity contribution in [2.75, 3.05) is 6.61 Å². The molecule has 1 aliphatic heterocycles. The Bertz CT molecular complexity index is 93.8. The predicted molar refractivity (Wildman–Crippen MR) is 26.7 cm³/mol. The van der Waals surface area contributed by atoms with Crippen LogP contribution in [0.15, 0.2) is 12.7 Å².